The molecule has 0 spiro atoms. The lowest BCUT2D eigenvalue weighted by molar-refractivity contribution is 0.430. The number of aromatic nitrogens is 3. The minimum absolute atomic E-state index is 0.126. The van der Waals surface area contributed by atoms with E-state index in [0.29, 0.717) is 11.5 Å². The molecule has 0 radical (unpaired) electrons. The lowest BCUT2D eigenvalue weighted by atomic mass is 10.3. The van der Waals surface area contributed by atoms with Crippen LogP contribution in [0.25, 0.3) is 5.69 Å². The molecule has 3 aromatic rings. The van der Waals surface area contributed by atoms with E-state index in [1.807, 2.05) is 0 Å². The second-order valence-electron chi connectivity index (χ2n) is 4.61. The van der Waals surface area contributed by atoms with E-state index in [9.17, 15) is 14.7 Å². The third-order valence-corrected chi connectivity index (χ3v) is 3.11. The SMILES string of the molecule is O=c1[nH]c(=O)n(-c2ccccc2)c(O)c1C=Nc1ccccn1. The predicted octanol–water partition coefficient (Wildman–Crippen LogP) is 1.38. The maximum absolute atomic E-state index is 12.0. The van der Waals surface area contributed by atoms with Crippen molar-refractivity contribution in [3.63, 3.8) is 0 Å². The highest BCUT2D eigenvalue weighted by atomic mass is 16.3. The van der Waals surface area contributed by atoms with E-state index in [4.69, 9.17) is 0 Å². The van der Waals surface area contributed by atoms with Crippen molar-refractivity contribution in [2.45, 2.75) is 0 Å². The van der Waals surface area contributed by atoms with Crippen molar-refractivity contribution in [3.05, 3.63) is 81.1 Å². The second-order valence-corrected chi connectivity index (χ2v) is 4.61. The van der Waals surface area contributed by atoms with Gasteiger partial charge in [-0.15, -0.1) is 0 Å². The summed E-state index contributed by atoms with van der Waals surface area (Å²) < 4.78 is 1.00. The van der Waals surface area contributed by atoms with Crippen molar-refractivity contribution in [2.75, 3.05) is 0 Å². The lowest BCUT2D eigenvalue weighted by Crippen LogP contribution is -2.31. The molecule has 0 aliphatic carbocycles. The molecule has 2 aromatic heterocycles. The quantitative estimate of drug-likeness (QED) is 0.714. The van der Waals surface area contributed by atoms with Gasteiger partial charge in [0, 0.05) is 12.4 Å². The average Bonchev–Trinajstić information content (AvgIpc) is 2.56. The predicted molar refractivity (Wildman–Crippen MR) is 85.8 cm³/mol. The molecule has 2 N–H and O–H groups in total. The van der Waals surface area contributed by atoms with Crippen molar-refractivity contribution < 1.29 is 5.11 Å². The van der Waals surface area contributed by atoms with Gasteiger partial charge in [0.05, 0.1) is 5.69 Å². The number of benzene rings is 1. The zero-order valence-corrected chi connectivity index (χ0v) is 11.9. The van der Waals surface area contributed by atoms with Gasteiger partial charge in [-0.05, 0) is 24.3 Å². The van der Waals surface area contributed by atoms with E-state index in [-0.39, 0.29) is 5.56 Å². The molecule has 3 rings (SSSR count). The van der Waals surface area contributed by atoms with E-state index in [1.165, 1.54) is 6.21 Å². The number of hydrogen-bond acceptors (Lipinski definition) is 5. The summed E-state index contributed by atoms with van der Waals surface area (Å²) in [6, 6.07) is 13.6. The number of para-hydroxylation sites is 1. The summed E-state index contributed by atoms with van der Waals surface area (Å²) >= 11 is 0. The van der Waals surface area contributed by atoms with Crippen LogP contribution in [0.15, 0.2) is 69.3 Å². The number of pyridine rings is 1. The van der Waals surface area contributed by atoms with Crippen LogP contribution in [0.3, 0.4) is 0 Å². The molecule has 7 nitrogen and oxygen atoms in total. The molecule has 7 heteroatoms. The number of hydrogen-bond donors (Lipinski definition) is 2. The molecule has 2 heterocycles. The number of nitrogens with zero attached hydrogens (tertiary/aromatic N) is 3. The van der Waals surface area contributed by atoms with Gasteiger partial charge in [-0.3, -0.25) is 9.78 Å². The van der Waals surface area contributed by atoms with Crippen LogP contribution >= 0.6 is 0 Å². The Morgan fingerprint density at radius 3 is 2.52 bits per heavy atom. The first-order valence-corrected chi connectivity index (χ1v) is 6.75. The van der Waals surface area contributed by atoms with Crippen molar-refractivity contribution in [1.29, 1.82) is 0 Å². The summed E-state index contributed by atoms with van der Waals surface area (Å²) in [4.78, 5) is 34.1. The molecule has 0 aliphatic heterocycles. The monoisotopic (exact) mass is 308 g/mol. The zero-order chi connectivity index (χ0) is 16.2. The van der Waals surface area contributed by atoms with Crippen LogP contribution in [0.4, 0.5) is 5.82 Å². The molecule has 0 amide bonds. The Hall–Kier alpha value is -3.48. The highest BCUT2D eigenvalue weighted by Gasteiger charge is 2.13. The molecular weight excluding hydrogens is 296 g/mol. The Morgan fingerprint density at radius 1 is 1.09 bits per heavy atom. The molecule has 1 aromatic carbocycles. The van der Waals surface area contributed by atoms with Gasteiger partial charge in [0.25, 0.3) is 5.56 Å². The van der Waals surface area contributed by atoms with Crippen LogP contribution in [-0.4, -0.2) is 25.9 Å². The lowest BCUT2D eigenvalue weighted by Gasteiger charge is -2.09. The molecule has 23 heavy (non-hydrogen) atoms. The zero-order valence-electron chi connectivity index (χ0n) is 11.9. The number of nitrogens with one attached hydrogen (secondary N) is 1. The van der Waals surface area contributed by atoms with E-state index >= 15 is 0 Å². The number of aromatic amines is 1. The van der Waals surface area contributed by atoms with Crippen LogP contribution in [0, 0.1) is 0 Å². The van der Waals surface area contributed by atoms with Crippen LogP contribution in [0.2, 0.25) is 0 Å². The fourth-order valence-electron chi connectivity index (χ4n) is 2.03. The summed E-state index contributed by atoms with van der Waals surface area (Å²) in [5.74, 6) is -0.103. The van der Waals surface area contributed by atoms with Crippen molar-refractivity contribution in [1.82, 2.24) is 14.5 Å². The molecule has 0 atom stereocenters. The first-order chi connectivity index (χ1) is 11.2. The highest BCUT2D eigenvalue weighted by molar-refractivity contribution is 5.83. The molecule has 114 valence electrons. The summed E-state index contributed by atoms with van der Waals surface area (Å²) in [7, 11) is 0. The molecule has 0 fully saturated rings. The van der Waals surface area contributed by atoms with Gasteiger partial charge in [0.1, 0.15) is 5.56 Å². The van der Waals surface area contributed by atoms with E-state index in [1.54, 1.807) is 54.7 Å². The molecule has 0 saturated heterocycles. The topological polar surface area (TPSA) is 100 Å². The van der Waals surface area contributed by atoms with Gasteiger partial charge < -0.3 is 5.11 Å². The fraction of sp³-hybridized carbons (Fsp3) is 0. The van der Waals surface area contributed by atoms with Crippen LogP contribution < -0.4 is 11.2 Å². The van der Waals surface area contributed by atoms with Crippen LogP contribution in [0.5, 0.6) is 5.88 Å². The van der Waals surface area contributed by atoms with Gasteiger partial charge in [-0.1, -0.05) is 24.3 Å². The van der Waals surface area contributed by atoms with Crippen molar-refractivity contribution >= 4 is 12.0 Å². The Bertz CT molecular complexity index is 960. The molecule has 0 bridgehead atoms. The van der Waals surface area contributed by atoms with Gasteiger partial charge in [-0.2, -0.15) is 0 Å². The third kappa shape index (κ3) is 2.93. The van der Waals surface area contributed by atoms with Crippen molar-refractivity contribution in [2.24, 2.45) is 4.99 Å². The maximum atomic E-state index is 12.0. The third-order valence-electron chi connectivity index (χ3n) is 3.11. The Kier molecular flexibility index (Phi) is 3.84. The number of H-pyrrole nitrogens is 1. The van der Waals surface area contributed by atoms with Gasteiger partial charge in [0.2, 0.25) is 5.88 Å². The van der Waals surface area contributed by atoms with Gasteiger partial charge in [0.15, 0.2) is 5.82 Å². The van der Waals surface area contributed by atoms with E-state index in [0.717, 1.165) is 4.57 Å². The summed E-state index contributed by atoms with van der Waals surface area (Å²) in [6.07, 6.45) is 2.73. The standard InChI is InChI=1S/C16H12N4O3/c21-14-12(10-18-13-8-4-5-9-17-13)15(22)20(16(23)19-14)11-6-2-1-3-7-11/h1-10,22H,(H,19,21,23). The Labute approximate surface area is 130 Å². The first kappa shape index (κ1) is 14.5. The van der Waals surface area contributed by atoms with Gasteiger partial charge >= 0.3 is 5.69 Å². The van der Waals surface area contributed by atoms with Crippen LogP contribution in [-0.2, 0) is 0 Å². The number of aromatic hydroxyl groups is 1. The average molecular weight is 308 g/mol. The fourth-order valence-corrected chi connectivity index (χ4v) is 2.03. The van der Waals surface area contributed by atoms with E-state index in [2.05, 4.69) is 15.0 Å². The maximum Gasteiger partial charge on any atom is 0.335 e. The largest absolute Gasteiger partial charge is 0.493 e. The second kappa shape index (κ2) is 6.10. The molecule has 0 aliphatic rings. The van der Waals surface area contributed by atoms with Gasteiger partial charge in [-0.25, -0.2) is 19.3 Å². The molecular formula is C16H12N4O3. The number of aliphatic imine (C=N–C) groups is 1. The normalized spacial score (nSPS) is 11.0. The number of rotatable bonds is 3. The summed E-state index contributed by atoms with van der Waals surface area (Å²) in [5, 5.41) is 10.3. The minimum atomic E-state index is -0.728. The summed E-state index contributed by atoms with van der Waals surface area (Å²) in [6.45, 7) is 0. The van der Waals surface area contributed by atoms with Crippen molar-refractivity contribution in [3.8, 4) is 11.6 Å². The molecule has 0 saturated carbocycles. The smallest absolute Gasteiger partial charge is 0.335 e. The first-order valence-electron chi connectivity index (χ1n) is 6.75. The molecule has 0 unspecified atom stereocenters. The van der Waals surface area contributed by atoms with E-state index < -0.39 is 17.1 Å². The Morgan fingerprint density at radius 2 is 1.83 bits per heavy atom. The Balaban J connectivity index is 2.14. The van der Waals surface area contributed by atoms with Crippen LogP contribution in [0.1, 0.15) is 5.56 Å². The highest BCUT2D eigenvalue weighted by Crippen LogP contribution is 2.15. The summed E-state index contributed by atoms with van der Waals surface area (Å²) in [5.41, 5.74) is -1.15. The minimum Gasteiger partial charge on any atom is -0.493 e.